The van der Waals surface area contributed by atoms with Crippen LogP contribution in [0, 0.1) is 10.1 Å². The number of nitrogens with zero attached hydrogens (tertiary/aromatic N) is 5. The number of nitro groups is 1. The van der Waals surface area contributed by atoms with E-state index < -0.39 is 10.8 Å². The van der Waals surface area contributed by atoms with Crippen molar-refractivity contribution in [2.24, 2.45) is 0 Å². The van der Waals surface area contributed by atoms with Gasteiger partial charge in [-0.3, -0.25) is 19.8 Å². The molecule has 0 saturated carbocycles. The zero-order chi connectivity index (χ0) is 19.8. The Labute approximate surface area is 165 Å². The standard InChI is InChI=1S/C19H16ClN5O3/c1-23-9-4-10-24(18-17(23)21-15-5-2-3-6-16(15)22-18)19(26)13-11-12(25(27)28)7-8-14(13)20/h2-3,5-8,11H,4,9-10H2,1H3. The van der Waals surface area contributed by atoms with E-state index in [-0.39, 0.29) is 16.3 Å². The molecule has 0 saturated heterocycles. The first-order chi connectivity index (χ1) is 13.5. The number of amides is 1. The van der Waals surface area contributed by atoms with Gasteiger partial charge in [0.2, 0.25) is 0 Å². The van der Waals surface area contributed by atoms with Crippen molar-refractivity contribution < 1.29 is 9.72 Å². The van der Waals surface area contributed by atoms with E-state index in [1.54, 1.807) is 0 Å². The molecule has 0 bridgehead atoms. The molecule has 8 nitrogen and oxygen atoms in total. The van der Waals surface area contributed by atoms with Gasteiger partial charge in [0, 0.05) is 32.3 Å². The number of fused-ring (bicyclic) bond motifs is 2. The Balaban J connectivity index is 1.86. The Bertz CT molecular complexity index is 1100. The predicted molar refractivity (Wildman–Crippen MR) is 107 cm³/mol. The van der Waals surface area contributed by atoms with E-state index in [1.807, 2.05) is 36.2 Å². The first-order valence-corrected chi connectivity index (χ1v) is 9.07. The van der Waals surface area contributed by atoms with Gasteiger partial charge in [-0.15, -0.1) is 0 Å². The average Bonchev–Trinajstić information content (AvgIpc) is 2.85. The summed E-state index contributed by atoms with van der Waals surface area (Å²) in [7, 11) is 1.90. The van der Waals surface area contributed by atoms with Crippen molar-refractivity contribution >= 4 is 45.9 Å². The van der Waals surface area contributed by atoms with Crippen LogP contribution in [0.2, 0.25) is 5.02 Å². The van der Waals surface area contributed by atoms with Gasteiger partial charge in [-0.05, 0) is 24.6 Å². The van der Waals surface area contributed by atoms with Crippen LogP contribution >= 0.6 is 11.6 Å². The van der Waals surface area contributed by atoms with Crippen molar-refractivity contribution in [3.8, 4) is 0 Å². The second-order valence-electron chi connectivity index (χ2n) is 6.51. The summed E-state index contributed by atoms with van der Waals surface area (Å²) < 4.78 is 0. The van der Waals surface area contributed by atoms with Crippen molar-refractivity contribution in [1.82, 2.24) is 9.97 Å². The maximum absolute atomic E-state index is 13.3. The molecule has 2 aromatic carbocycles. The normalized spacial score (nSPS) is 13.9. The molecule has 28 heavy (non-hydrogen) atoms. The molecule has 0 radical (unpaired) electrons. The molecule has 1 amide bonds. The lowest BCUT2D eigenvalue weighted by molar-refractivity contribution is -0.384. The highest BCUT2D eigenvalue weighted by molar-refractivity contribution is 6.34. The van der Waals surface area contributed by atoms with Crippen molar-refractivity contribution in [3.05, 3.63) is 63.2 Å². The average molecular weight is 398 g/mol. The van der Waals surface area contributed by atoms with Crippen LogP contribution in [0.5, 0.6) is 0 Å². The van der Waals surface area contributed by atoms with Crippen LogP contribution in [0.4, 0.5) is 17.3 Å². The highest BCUT2D eigenvalue weighted by atomic mass is 35.5. The van der Waals surface area contributed by atoms with Crippen molar-refractivity contribution in [2.75, 3.05) is 29.9 Å². The van der Waals surface area contributed by atoms with Gasteiger partial charge in [0.05, 0.1) is 26.5 Å². The third-order valence-electron chi connectivity index (χ3n) is 4.66. The molecule has 0 fully saturated rings. The number of para-hydroxylation sites is 2. The van der Waals surface area contributed by atoms with Gasteiger partial charge in [0.25, 0.3) is 11.6 Å². The number of benzene rings is 2. The van der Waals surface area contributed by atoms with Crippen molar-refractivity contribution in [1.29, 1.82) is 0 Å². The number of halogens is 1. The molecule has 2 heterocycles. The molecule has 9 heteroatoms. The molecule has 4 rings (SSSR count). The largest absolute Gasteiger partial charge is 0.357 e. The summed E-state index contributed by atoms with van der Waals surface area (Å²) in [4.78, 5) is 36.7. The number of hydrogen-bond donors (Lipinski definition) is 0. The molecular weight excluding hydrogens is 382 g/mol. The number of nitro benzene ring substituents is 1. The summed E-state index contributed by atoms with van der Waals surface area (Å²) in [6.45, 7) is 1.11. The van der Waals surface area contributed by atoms with E-state index in [1.165, 1.54) is 23.1 Å². The SMILES string of the molecule is CN1CCCN(C(=O)c2cc([N+](=O)[O-])ccc2Cl)c2nc3ccccc3nc21. The van der Waals surface area contributed by atoms with Crippen LogP contribution in [0.15, 0.2) is 42.5 Å². The summed E-state index contributed by atoms with van der Waals surface area (Å²) in [5.41, 5.74) is 1.28. The fourth-order valence-corrected chi connectivity index (χ4v) is 3.43. The summed E-state index contributed by atoms with van der Waals surface area (Å²) >= 11 is 6.19. The maximum atomic E-state index is 13.3. The second-order valence-corrected chi connectivity index (χ2v) is 6.92. The Hall–Kier alpha value is -3.26. The van der Waals surface area contributed by atoms with Gasteiger partial charge in [0.1, 0.15) is 0 Å². The molecule has 0 atom stereocenters. The van der Waals surface area contributed by atoms with Crippen LogP contribution in [-0.4, -0.2) is 40.9 Å². The van der Waals surface area contributed by atoms with Crippen LogP contribution in [0.3, 0.4) is 0 Å². The van der Waals surface area contributed by atoms with Gasteiger partial charge < -0.3 is 4.90 Å². The minimum atomic E-state index is -0.551. The number of rotatable bonds is 2. The topological polar surface area (TPSA) is 92.5 Å². The monoisotopic (exact) mass is 397 g/mol. The number of non-ortho nitro benzene ring substituents is 1. The summed E-state index contributed by atoms with van der Waals surface area (Å²) in [5, 5.41) is 11.3. The van der Waals surface area contributed by atoms with E-state index in [9.17, 15) is 14.9 Å². The number of carbonyl (C=O) groups excluding carboxylic acids is 1. The van der Waals surface area contributed by atoms with E-state index in [2.05, 4.69) is 9.97 Å². The number of anilines is 2. The number of carbonyl (C=O) groups is 1. The highest BCUT2D eigenvalue weighted by Gasteiger charge is 2.29. The lowest BCUT2D eigenvalue weighted by Gasteiger charge is -2.23. The van der Waals surface area contributed by atoms with E-state index in [0.717, 1.165) is 5.52 Å². The summed E-state index contributed by atoms with van der Waals surface area (Å²) in [6.07, 6.45) is 0.698. The Kier molecular flexibility index (Phi) is 4.56. The Morgan fingerprint density at radius 2 is 1.79 bits per heavy atom. The lowest BCUT2D eigenvalue weighted by atomic mass is 10.1. The molecule has 0 spiro atoms. The Morgan fingerprint density at radius 3 is 2.46 bits per heavy atom. The molecule has 1 aliphatic rings. The summed E-state index contributed by atoms with van der Waals surface area (Å²) in [5.74, 6) is 0.576. The molecule has 1 aliphatic heterocycles. The third kappa shape index (κ3) is 3.11. The van der Waals surface area contributed by atoms with Gasteiger partial charge >= 0.3 is 0 Å². The third-order valence-corrected chi connectivity index (χ3v) is 4.99. The fourth-order valence-electron chi connectivity index (χ4n) is 3.23. The van der Waals surface area contributed by atoms with Gasteiger partial charge in [0.15, 0.2) is 11.6 Å². The smallest absolute Gasteiger partial charge is 0.270 e. The number of aromatic nitrogens is 2. The molecule has 0 aliphatic carbocycles. The van der Waals surface area contributed by atoms with Crippen molar-refractivity contribution in [2.45, 2.75) is 6.42 Å². The molecule has 0 N–H and O–H groups in total. The van der Waals surface area contributed by atoms with Gasteiger partial charge in [-0.1, -0.05) is 23.7 Å². The van der Waals surface area contributed by atoms with Gasteiger partial charge in [-0.25, -0.2) is 9.97 Å². The molecule has 3 aromatic rings. The fraction of sp³-hybridized carbons (Fsp3) is 0.211. The van der Waals surface area contributed by atoms with Crippen LogP contribution < -0.4 is 9.80 Å². The first-order valence-electron chi connectivity index (χ1n) is 8.69. The van der Waals surface area contributed by atoms with Crippen LogP contribution in [-0.2, 0) is 0 Å². The zero-order valence-electron chi connectivity index (χ0n) is 15.0. The molecule has 142 valence electrons. The van der Waals surface area contributed by atoms with E-state index in [4.69, 9.17) is 11.6 Å². The molecular formula is C19H16ClN5O3. The first kappa shape index (κ1) is 18.1. The lowest BCUT2D eigenvalue weighted by Crippen LogP contribution is -2.32. The molecule has 1 aromatic heterocycles. The Morgan fingerprint density at radius 1 is 1.11 bits per heavy atom. The van der Waals surface area contributed by atoms with E-state index in [0.29, 0.717) is 36.7 Å². The van der Waals surface area contributed by atoms with Crippen LogP contribution in [0.25, 0.3) is 11.0 Å². The highest BCUT2D eigenvalue weighted by Crippen LogP contribution is 2.32. The molecule has 0 unspecified atom stereocenters. The minimum Gasteiger partial charge on any atom is -0.357 e. The van der Waals surface area contributed by atoms with E-state index >= 15 is 0 Å². The summed E-state index contributed by atoms with van der Waals surface area (Å²) in [6, 6.07) is 11.3. The van der Waals surface area contributed by atoms with Crippen LogP contribution in [0.1, 0.15) is 16.8 Å². The quantitative estimate of drug-likeness (QED) is 0.483. The van der Waals surface area contributed by atoms with Crippen molar-refractivity contribution in [3.63, 3.8) is 0 Å². The minimum absolute atomic E-state index is 0.0707. The number of hydrogen-bond acceptors (Lipinski definition) is 6. The predicted octanol–water partition coefficient (Wildman–Crippen LogP) is 3.68. The zero-order valence-corrected chi connectivity index (χ0v) is 15.8. The van der Waals surface area contributed by atoms with Gasteiger partial charge in [-0.2, -0.15) is 0 Å². The second kappa shape index (κ2) is 7.05. The maximum Gasteiger partial charge on any atom is 0.270 e.